The number of ether oxygens (including phenoxy) is 1. The van der Waals surface area contributed by atoms with Crippen molar-refractivity contribution >= 4 is 33.3 Å². The molecule has 1 aliphatic rings. The Balaban J connectivity index is 1.35. The number of rotatable bonds is 7. The number of aromatic nitrogens is 2. The van der Waals surface area contributed by atoms with E-state index in [9.17, 15) is 4.79 Å². The van der Waals surface area contributed by atoms with Gasteiger partial charge in [-0.05, 0) is 57.2 Å². The number of carbonyl (C=O) groups is 1. The number of nitrogens with one attached hydrogen (secondary N) is 1. The molecular formula is C25H32N4O2S. The topological polar surface area (TPSA) is 67.4 Å². The fourth-order valence-electron chi connectivity index (χ4n) is 4.21. The average Bonchev–Trinajstić information content (AvgIpc) is 3.10. The fourth-order valence-corrected chi connectivity index (χ4v) is 5.20. The molecule has 0 aliphatic carbocycles. The molecule has 170 valence electrons. The SMILES string of the molecule is Cc1sc2ncnc(N3CCC(C(=O)NCc4ccccc4COC(C)C)CC3)c2c1C. The van der Waals surface area contributed by atoms with Crippen LogP contribution in [0, 0.1) is 19.8 Å². The molecule has 7 heteroatoms. The van der Waals surface area contributed by atoms with Gasteiger partial charge in [0.2, 0.25) is 5.91 Å². The van der Waals surface area contributed by atoms with Crippen molar-refractivity contribution in [3.63, 3.8) is 0 Å². The van der Waals surface area contributed by atoms with Crippen LogP contribution in [0.5, 0.6) is 0 Å². The molecule has 4 rings (SSSR count). The van der Waals surface area contributed by atoms with Crippen LogP contribution < -0.4 is 10.2 Å². The molecule has 3 aromatic rings. The number of thiophene rings is 1. The standard InChI is InChI=1S/C25H32N4O2S/c1-16(2)31-14-21-8-6-5-7-20(21)13-26-24(30)19-9-11-29(12-10-19)23-22-17(3)18(4)32-25(22)28-15-27-23/h5-8,15-16,19H,9-14H2,1-4H3,(H,26,30). The Kier molecular flexibility index (Phi) is 7.06. The summed E-state index contributed by atoms with van der Waals surface area (Å²) in [7, 11) is 0. The van der Waals surface area contributed by atoms with Gasteiger partial charge in [0.1, 0.15) is 17.0 Å². The Hall–Kier alpha value is -2.51. The first-order valence-corrected chi connectivity index (χ1v) is 12.2. The molecule has 2 aromatic heterocycles. The summed E-state index contributed by atoms with van der Waals surface area (Å²) >= 11 is 1.72. The number of hydrogen-bond acceptors (Lipinski definition) is 6. The van der Waals surface area contributed by atoms with Crippen molar-refractivity contribution in [3.8, 4) is 0 Å². The van der Waals surface area contributed by atoms with Crippen molar-refractivity contribution in [2.45, 2.75) is 59.8 Å². The maximum Gasteiger partial charge on any atom is 0.223 e. The second-order valence-electron chi connectivity index (χ2n) is 8.77. The van der Waals surface area contributed by atoms with Crippen molar-refractivity contribution in [1.82, 2.24) is 15.3 Å². The van der Waals surface area contributed by atoms with Gasteiger partial charge in [0.25, 0.3) is 0 Å². The third kappa shape index (κ3) is 4.94. The summed E-state index contributed by atoms with van der Waals surface area (Å²) in [5.41, 5.74) is 3.51. The van der Waals surface area contributed by atoms with E-state index >= 15 is 0 Å². The largest absolute Gasteiger partial charge is 0.374 e. The Labute approximate surface area is 194 Å². The highest BCUT2D eigenvalue weighted by atomic mass is 32.1. The molecule has 1 N–H and O–H groups in total. The van der Waals surface area contributed by atoms with Crippen molar-refractivity contribution in [1.29, 1.82) is 0 Å². The van der Waals surface area contributed by atoms with Crippen LogP contribution in [-0.2, 0) is 22.7 Å². The molecule has 1 aliphatic heterocycles. The van der Waals surface area contributed by atoms with Crippen molar-refractivity contribution in [2.75, 3.05) is 18.0 Å². The van der Waals surface area contributed by atoms with Gasteiger partial charge in [0, 0.05) is 30.4 Å². The lowest BCUT2D eigenvalue weighted by Gasteiger charge is -2.32. The Morgan fingerprint density at radius 2 is 1.91 bits per heavy atom. The molecule has 1 saturated heterocycles. The third-order valence-corrected chi connectivity index (χ3v) is 7.37. The van der Waals surface area contributed by atoms with Crippen LogP contribution >= 0.6 is 11.3 Å². The lowest BCUT2D eigenvalue weighted by atomic mass is 9.95. The van der Waals surface area contributed by atoms with Gasteiger partial charge in [-0.25, -0.2) is 9.97 Å². The quantitative estimate of drug-likeness (QED) is 0.559. The van der Waals surface area contributed by atoms with E-state index in [0.717, 1.165) is 53.1 Å². The molecule has 0 atom stereocenters. The van der Waals surface area contributed by atoms with Gasteiger partial charge in [-0.3, -0.25) is 4.79 Å². The van der Waals surface area contributed by atoms with Gasteiger partial charge < -0.3 is 15.0 Å². The van der Waals surface area contributed by atoms with Crippen molar-refractivity contribution in [2.24, 2.45) is 5.92 Å². The molecular weight excluding hydrogens is 420 g/mol. The number of benzene rings is 1. The van der Waals surface area contributed by atoms with E-state index in [4.69, 9.17) is 4.74 Å². The van der Waals surface area contributed by atoms with Gasteiger partial charge in [-0.2, -0.15) is 0 Å². The third-order valence-electron chi connectivity index (χ3n) is 6.25. The van der Waals surface area contributed by atoms with E-state index < -0.39 is 0 Å². The zero-order chi connectivity index (χ0) is 22.7. The summed E-state index contributed by atoms with van der Waals surface area (Å²) in [5, 5.41) is 4.32. The van der Waals surface area contributed by atoms with Gasteiger partial charge in [0.15, 0.2) is 0 Å². The molecule has 32 heavy (non-hydrogen) atoms. The second-order valence-corrected chi connectivity index (χ2v) is 9.97. The highest BCUT2D eigenvalue weighted by Gasteiger charge is 2.27. The smallest absolute Gasteiger partial charge is 0.223 e. The number of piperidine rings is 1. The van der Waals surface area contributed by atoms with E-state index in [1.807, 2.05) is 26.0 Å². The number of amides is 1. The maximum atomic E-state index is 12.9. The second kappa shape index (κ2) is 9.96. The van der Waals surface area contributed by atoms with Crippen LogP contribution in [0.25, 0.3) is 10.2 Å². The molecule has 0 unspecified atom stereocenters. The van der Waals surface area contributed by atoms with Gasteiger partial charge >= 0.3 is 0 Å². The first-order chi connectivity index (χ1) is 15.4. The molecule has 0 spiro atoms. The maximum absolute atomic E-state index is 12.9. The molecule has 1 amide bonds. The van der Waals surface area contributed by atoms with Crippen molar-refractivity contribution in [3.05, 3.63) is 52.2 Å². The first-order valence-electron chi connectivity index (χ1n) is 11.4. The zero-order valence-electron chi connectivity index (χ0n) is 19.4. The summed E-state index contributed by atoms with van der Waals surface area (Å²) in [5.74, 6) is 1.18. The molecule has 1 aromatic carbocycles. The minimum Gasteiger partial charge on any atom is -0.374 e. The number of fused-ring (bicyclic) bond motifs is 1. The van der Waals surface area contributed by atoms with Crippen LogP contribution in [0.1, 0.15) is 48.3 Å². The molecule has 0 radical (unpaired) electrons. The van der Waals surface area contributed by atoms with Crippen LogP contribution in [0.15, 0.2) is 30.6 Å². The minimum absolute atomic E-state index is 0.0352. The Morgan fingerprint density at radius 1 is 1.19 bits per heavy atom. The van der Waals surface area contributed by atoms with Crippen molar-refractivity contribution < 1.29 is 9.53 Å². The lowest BCUT2D eigenvalue weighted by Crippen LogP contribution is -2.40. The van der Waals surface area contributed by atoms with E-state index in [0.29, 0.717) is 13.2 Å². The number of carbonyl (C=O) groups excluding carboxylic acids is 1. The summed E-state index contributed by atoms with van der Waals surface area (Å²) in [4.78, 5) is 26.6. The molecule has 0 bridgehead atoms. The summed E-state index contributed by atoms with van der Waals surface area (Å²) in [6.07, 6.45) is 3.50. The predicted octanol–water partition coefficient (Wildman–Crippen LogP) is 4.77. The summed E-state index contributed by atoms with van der Waals surface area (Å²) in [6.45, 7) is 11.1. The van der Waals surface area contributed by atoms with Crippen LogP contribution in [-0.4, -0.2) is 35.1 Å². The molecule has 6 nitrogen and oxygen atoms in total. The minimum atomic E-state index is 0.0352. The highest BCUT2D eigenvalue weighted by Crippen LogP contribution is 2.35. The number of anilines is 1. The van der Waals surface area contributed by atoms with Gasteiger partial charge in [-0.1, -0.05) is 24.3 Å². The highest BCUT2D eigenvalue weighted by molar-refractivity contribution is 7.18. The van der Waals surface area contributed by atoms with Gasteiger partial charge in [0.05, 0.1) is 18.1 Å². The monoisotopic (exact) mass is 452 g/mol. The van der Waals surface area contributed by atoms with Crippen LogP contribution in [0.3, 0.4) is 0 Å². The van der Waals surface area contributed by atoms with E-state index in [-0.39, 0.29) is 17.9 Å². The summed E-state index contributed by atoms with van der Waals surface area (Å²) in [6, 6.07) is 8.16. The Morgan fingerprint density at radius 3 is 2.62 bits per heavy atom. The van der Waals surface area contributed by atoms with Crippen LogP contribution in [0.2, 0.25) is 0 Å². The molecule has 3 heterocycles. The summed E-state index contributed by atoms with van der Waals surface area (Å²) < 4.78 is 5.76. The molecule has 0 saturated carbocycles. The first kappa shape index (κ1) is 22.7. The number of hydrogen-bond donors (Lipinski definition) is 1. The average molecular weight is 453 g/mol. The molecule has 1 fully saturated rings. The normalized spacial score (nSPS) is 15.0. The lowest BCUT2D eigenvalue weighted by molar-refractivity contribution is -0.125. The van der Waals surface area contributed by atoms with Crippen LogP contribution in [0.4, 0.5) is 5.82 Å². The van der Waals surface area contributed by atoms with E-state index in [1.54, 1.807) is 17.7 Å². The zero-order valence-corrected chi connectivity index (χ0v) is 20.2. The Bertz CT molecular complexity index is 1090. The fraction of sp³-hybridized carbons (Fsp3) is 0.480. The van der Waals surface area contributed by atoms with Gasteiger partial charge in [-0.15, -0.1) is 11.3 Å². The van der Waals surface area contributed by atoms with E-state index in [1.165, 1.54) is 10.4 Å². The number of nitrogens with zero attached hydrogens (tertiary/aromatic N) is 3. The number of aryl methyl sites for hydroxylation is 2. The van der Waals surface area contributed by atoms with E-state index in [2.05, 4.69) is 46.2 Å². The predicted molar refractivity (Wildman–Crippen MR) is 130 cm³/mol.